The van der Waals surface area contributed by atoms with Gasteiger partial charge in [-0.15, -0.1) is 0 Å². The number of alkyl halides is 2. The van der Waals surface area contributed by atoms with Gasteiger partial charge in [-0.3, -0.25) is 9.11 Å². The summed E-state index contributed by atoms with van der Waals surface area (Å²) in [5, 5.41) is -5.59. The van der Waals surface area contributed by atoms with Crippen molar-refractivity contribution in [1.82, 2.24) is 0 Å². The lowest BCUT2D eigenvalue weighted by Crippen LogP contribution is -2.29. The van der Waals surface area contributed by atoms with Crippen molar-refractivity contribution >= 4 is 20.2 Å². The number of hydrogen-bond donors (Lipinski definition) is 2. The molecule has 0 aromatic rings. The topological polar surface area (TPSA) is 109 Å². The highest BCUT2D eigenvalue weighted by molar-refractivity contribution is 7.87. The molecular formula is C11H19F5O6S2. The van der Waals surface area contributed by atoms with Crippen LogP contribution in [0.2, 0.25) is 0 Å². The Labute approximate surface area is 137 Å². The van der Waals surface area contributed by atoms with Crippen LogP contribution in [0.4, 0.5) is 22.0 Å². The number of halogens is 5. The third-order valence-corrected chi connectivity index (χ3v) is 4.13. The standard InChI is InChI=1S/C8H18O3S.C3HF5O3S/c1-2-3-4-5-6-7-8-12(9,10)11;4-1(2(5)6)3(7,8)12(9,10)11/h2-8H2,1H3,(H,9,10,11);(H,9,10,11). The van der Waals surface area contributed by atoms with Gasteiger partial charge in [0.2, 0.25) is 0 Å². The molecule has 0 heterocycles. The maximum absolute atomic E-state index is 11.8. The van der Waals surface area contributed by atoms with Gasteiger partial charge in [-0.2, -0.15) is 38.8 Å². The first kappa shape index (κ1) is 25.5. The zero-order valence-electron chi connectivity index (χ0n) is 12.7. The molecule has 146 valence electrons. The fourth-order valence-corrected chi connectivity index (χ4v) is 2.16. The molecule has 0 fully saturated rings. The fraction of sp³-hybridized carbons (Fsp3) is 0.818. The molecule has 0 spiro atoms. The molecule has 0 aromatic heterocycles. The van der Waals surface area contributed by atoms with Crippen molar-refractivity contribution in [2.45, 2.75) is 50.7 Å². The van der Waals surface area contributed by atoms with E-state index in [4.69, 9.17) is 9.11 Å². The molecule has 0 saturated heterocycles. The lowest BCUT2D eigenvalue weighted by Gasteiger charge is -2.08. The van der Waals surface area contributed by atoms with Crippen LogP contribution >= 0.6 is 0 Å². The lowest BCUT2D eigenvalue weighted by atomic mass is 10.1. The summed E-state index contributed by atoms with van der Waals surface area (Å²) in [5.74, 6) is -3.57. The molecule has 0 bridgehead atoms. The summed E-state index contributed by atoms with van der Waals surface area (Å²) in [6, 6.07) is 0. The zero-order chi connectivity index (χ0) is 19.6. The van der Waals surface area contributed by atoms with E-state index < -0.39 is 37.4 Å². The molecule has 0 aliphatic heterocycles. The minimum atomic E-state index is -6.19. The van der Waals surface area contributed by atoms with Crippen LogP contribution in [-0.4, -0.2) is 36.9 Å². The van der Waals surface area contributed by atoms with E-state index in [0.717, 1.165) is 12.8 Å². The van der Waals surface area contributed by atoms with Crippen LogP contribution in [0.1, 0.15) is 45.4 Å². The van der Waals surface area contributed by atoms with Crippen LogP contribution in [0.15, 0.2) is 11.9 Å². The van der Waals surface area contributed by atoms with Gasteiger partial charge in [-0.25, -0.2) is 0 Å². The number of unbranched alkanes of at least 4 members (excludes halogenated alkanes) is 5. The maximum Gasteiger partial charge on any atom is 0.425 e. The monoisotopic (exact) mass is 406 g/mol. The number of hydrogen-bond acceptors (Lipinski definition) is 4. The van der Waals surface area contributed by atoms with E-state index in [-0.39, 0.29) is 5.75 Å². The summed E-state index contributed by atoms with van der Waals surface area (Å²) in [7, 11) is -9.91. The molecule has 0 atom stereocenters. The van der Waals surface area contributed by atoms with Gasteiger partial charge < -0.3 is 0 Å². The Balaban J connectivity index is 0. The Hall–Kier alpha value is -0.790. The summed E-state index contributed by atoms with van der Waals surface area (Å²) in [6.45, 7) is 2.14. The Morgan fingerprint density at radius 3 is 1.58 bits per heavy atom. The molecule has 2 N–H and O–H groups in total. The highest BCUT2D eigenvalue weighted by Gasteiger charge is 2.51. The minimum Gasteiger partial charge on any atom is -0.286 e. The molecule has 13 heteroatoms. The molecule has 0 rings (SSSR count). The predicted molar refractivity (Wildman–Crippen MR) is 76.6 cm³/mol. The quantitative estimate of drug-likeness (QED) is 0.343. The van der Waals surface area contributed by atoms with Crippen LogP contribution in [0.5, 0.6) is 0 Å². The molecule has 0 aliphatic rings. The summed E-state index contributed by atoms with van der Waals surface area (Å²) in [5.41, 5.74) is 0. The summed E-state index contributed by atoms with van der Waals surface area (Å²) in [4.78, 5) is 0. The second-order valence-corrected chi connectivity index (χ2v) is 7.65. The van der Waals surface area contributed by atoms with Gasteiger partial charge >= 0.3 is 21.5 Å². The van der Waals surface area contributed by atoms with E-state index in [2.05, 4.69) is 6.92 Å². The minimum absolute atomic E-state index is 0.0842. The van der Waals surface area contributed by atoms with Crippen molar-refractivity contribution in [1.29, 1.82) is 0 Å². The summed E-state index contributed by atoms with van der Waals surface area (Å²) >= 11 is 0. The second kappa shape index (κ2) is 10.9. The first-order chi connectivity index (χ1) is 10.7. The van der Waals surface area contributed by atoms with Crippen LogP contribution in [0.3, 0.4) is 0 Å². The molecule has 0 amide bonds. The molecule has 24 heavy (non-hydrogen) atoms. The van der Waals surface area contributed by atoms with Crippen molar-refractivity contribution in [3.63, 3.8) is 0 Å². The van der Waals surface area contributed by atoms with Crippen molar-refractivity contribution in [3.05, 3.63) is 11.9 Å². The van der Waals surface area contributed by atoms with Crippen LogP contribution < -0.4 is 0 Å². The Morgan fingerprint density at radius 1 is 0.875 bits per heavy atom. The summed E-state index contributed by atoms with van der Waals surface area (Å²) < 4.78 is 113. The average molecular weight is 406 g/mol. The van der Waals surface area contributed by atoms with Crippen LogP contribution in [0.25, 0.3) is 0 Å². The van der Waals surface area contributed by atoms with Crippen LogP contribution in [0, 0.1) is 0 Å². The first-order valence-electron chi connectivity index (χ1n) is 6.68. The lowest BCUT2D eigenvalue weighted by molar-refractivity contribution is 0.0843. The SMILES string of the molecule is CCCCCCCCS(=O)(=O)O.O=S(=O)(O)C(F)(F)C(F)=C(F)F. The van der Waals surface area contributed by atoms with Crippen molar-refractivity contribution in [2.75, 3.05) is 5.75 Å². The van der Waals surface area contributed by atoms with Crippen molar-refractivity contribution in [2.24, 2.45) is 0 Å². The Bertz CT molecular complexity index is 596. The van der Waals surface area contributed by atoms with Crippen molar-refractivity contribution in [3.8, 4) is 0 Å². The highest BCUT2D eigenvalue weighted by Crippen LogP contribution is 2.33. The fourth-order valence-electron chi connectivity index (χ4n) is 1.29. The van der Waals surface area contributed by atoms with E-state index in [9.17, 15) is 38.8 Å². The van der Waals surface area contributed by atoms with E-state index in [1.54, 1.807) is 0 Å². The third kappa shape index (κ3) is 11.7. The van der Waals surface area contributed by atoms with Crippen molar-refractivity contribution < 1.29 is 47.9 Å². The highest BCUT2D eigenvalue weighted by atomic mass is 32.2. The third-order valence-electron chi connectivity index (χ3n) is 2.50. The van der Waals surface area contributed by atoms with Gasteiger partial charge in [0.1, 0.15) is 0 Å². The van der Waals surface area contributed by atoms with E-state index in [1.807, 2.05) is 0 Å². The second-order valence-electron chi connectivity index (χ2n) is 4.62. The smallest absolute Gasteiger partial charge is 0.286 e. The van der Waals surface area contributed by atoms with Gasteiger partial charge in [0.05, 0.1) is 5.75 Å². The van der Waals surface area contributed by atoms with E-state index in [1.165, 1.54) is 19.3 Å². The molecule has 0 radical (unpaired) electrons. The molecule has 0 aliphatic carbocycles. The van der Waals surface area contributed by atoms with E-state index >= 15 is 0 Å². The van der Waals surface area contributed by atoms with Gasteiger partial charge in [0, 0.05) is 0 Å². The largest absolute Gasteiger partial charge is 0.425 e. The molecule has 0 saturated carbocycles. The van der Waals surface area contributed by atoms with Gasteiger partial charge in [0.25, 0.3) is 15.9 Å². The maximum atomic E-state index is 11.8. The first-order valence-corrected chi connectivity index (χ1v) is 9.73. The molecular weight excluding hydrogens is 387 g/mol. The van der Waals surface area contributed by atoms with E-state index in [0.29, 0.717) is 6.42 Å². The normalized spacial score (nSPS) is 12.3. The molecule has 6 nitrogen and oxygen atoms in total. The van der Waals surface area contributed by atoms with Gasteiger partial charge in [-0.05, 0) is 6.42 Å². The number of rotatable bonds is 9. The molecule has 0 unspecified atom stereocenters. The average Bonchev–Trinajstić information content (AvgIpc) is 2.40. The zero-order valence-corrected chi connectivity index (χ0v) is 14.3. The Kier molecular flexibility index (Phi) is 11.6. The van der Waals surface area contributed by atoms with Gasteiger partial charge in [-0.1, -0.05) is 39.0 Å². The Morgan fingerprint density at radius 2 is 1.29 bits per heavy atom. The van der Waals surface area contributed by atoms with Crippen LogP contribution in [-0.2, 0) is 20.2 Å². The predicted octanol–water partition coefficient (Wildman–Crippen LogP) is 3.78. The summed E-state index contributed by atoms with van der Waals surface area (Å²) in [6.07, 6.45) is 2.63. The molecule has 0 aromatic carbocycles. The van der Waals surface area contributed by atoms with Gasteiger partial charge in [0.15, 0.2) is 0 Å².